The first-order valence-corrected chi connectivity index (χ1v) is 12.7. The van der Waals surface area contributed by atoms with Crippen molar-refractivity contribution in [2.24, 2.45) is 0 Å². The van der Waals surface area contributed by atoms with E-state index >= 15 is 0 Å². The normalized spacial score (nSPS) is 11.9. The lowest BCUT2D eigenvalue weighted by molar-refractivity contribution is -0.114. The van der Waals surface area contributed by atoms with Crippen LogP contribution in [0.15, 0.2) is 77.7 Å². The zero-order valence-corrected chi connectivity index (χ0v) is 21.0. The Hall–Kier alpha value is -3.92. The summed E-state index contributed by atoms with van der Waals surface area (Å²) in [5.41, 5.74) is 0.590. The number of para-hydroxylation sites is 1. The van der Waals surface area contributed by atoms with Crippen molar-refractivity contribution in [2.75, 3.05) is 23.3 Å². The summed E-state index contributed by atoms with van der Waals surface area (Å²) in [7, 11) is -2.75. The molecule has 3 rings (SSSR count). The molecule has 0 spiro atoms. The van der Waals surface area contributed by atoms with Crippen LogP contribution in [0.25, 0.3) is 0 Å². The van der Waals surface area contributed by atoms with Gasteiger partial charge in [-0.2, -0.15) is 0 Å². The van der Waals surface area contributed by atoms with Crippen molar-refractivity contribution in [3.05, 3.63) is 84.2 Å². The zero-order chi connectivity index (χ0) is 26.3. The number of nitrogens with one attached hydrogen (secondary N) is 2. The van der Waals surface area contributed by atoms with Gasteiger partial charge in [0.1, 0.15) is 18.1 Å². The summed E-state index contributed by atoms with van der Waals surface area (Å²) in [4.78, 5) is 25.7. The van der Waals surface area contributed by atoms with Gasteiger partial charge in [-0.25, -0.2) is 12.8 Å². The molecule has 0 aliphatic carbocycles. The fraction of sp³-hybridized carbons (Fsp3) is 0.231. The fourth-order valence-corrected chi connectivity index (χ4v) is 4.73. The maximum absolute atomic E-state index is 13.5. The molecule has 0 aliphatic rings. The molecule has 10 heteroatoms. The Morgan fingerprint density at radius 3 is 2.25 bits per heavy atom. The number of sulfonamides is 1. The number of amides is 2. The van der Waals surface area contributed by atoms with Crippen molar-refractivity contribution in [2.45, 2.75) is 31.2 Å². The molecule has 0 saturated carbocycles. The minimum Gasteiger partial charge on any atom is -0.497 e. The van der Waals surface area contributed by atoms with Crippen LogP contribution in [-0.2, 0) is 14.8 Å². The van der Waals surface area contributed by atoms with E-state index < -0.39 is 28.3 Å². The van der Waals surface area contributed by atoms with E-state index in [0.29, 0.717) is 5.75 Å². The van der Waals surface area contributed by atoms with Crippen LogP contribution in [0.4, 0.5) is 15.8 Å². The molecule has 190 valence electrons. The molecule has 0 saturated heterocycles. The lowest BCUT2D eigenvalue weighted by atomic mass is 10.1. The van der Waals surface area contributed by atoms with Gasteiger partial charge in [0.2, 0.25) is 5.91 Å². The van der Waals surface area contributed by atoms with E-state index in [2.05, 4.69) is 10.6 Å². The number of benzene rings is 3. The number of ether oxygens (including phenoxy) is 1. The van der Waals surface area contributed by atoms with Crippen LogP contribution in [0, 0.1) is 5.82 Å². The van der Waals surface area contributed by atoms with E-state index in [-0.39, 0.29) is 33.8 Å². The molecule has 0 bridgehead atoms. The first-order chi connectivity index (χ1) is 17.1. The maximum Gasteiger partial charge on any atom is 0.264 e. The van der Waals surface area contributed by atoms with Gasteiger partial charge in [-0.05, 0) is 74.0 Å². The summed E-state index contributed by atoms with van der Waals surface area (Å²) in [6, 6.07) is 16.8. The summed E-state index contributed by atoms with van der Waals surface area (Å²) >= 11 is 0. The van der Waals surface area contributed by atoms with Crippen molar-refractivity contribution in [3.63, 3.8) is 0 Å². The van der Waals surface area contributed by atoms with E-state index in [0.717, 1.165) is 22.9 Å². The lowest BCUT2D eigenvalue weighted by Gasteiger charge is -2.24. The predicted molar refractivity (Wildman–Crippen MR) is 136 cm³/mol. The summed E-state index contributed by atoms with van der Waals surface area (Å²) in [5.74, 6) is -1.12. The third-order valence-corrected chi connectivity index (χ3v) is 7.27. The van der Waals surface area contributed by atoms with Gasteiger partial charge < -0.3 is 15.4 Å². The minimum absolute atomic E-state index is 0.0649. The zero-order valence-electron chi connectivity index (χ0n) is 20.2. The van der Waals surface area contributed by atoms with Crippen molar-refractivity contribution >= 4 is 33.2 Å². The summed E-state index contributed by atoms with van der Waals surface area (Å²) < 4.78 is 46.5. The molecule has 0 aliphatic heterocycles. The Morgan fingerprint density at radius 1 is 1.00 bits per heavy atom. The average molecular weight is 514 g/mol. The molecule has 2 amide bonds. The first kappa shape index (κ1) is 26.7. The van der Waals surface area contributed by atoms with E-state index in [1.807, 2.05) is 13.8 Å². The highest BCUT2D eigenvalue weighted by atomic mass is 32.2. The van der Waals surface area contributed by atoms with E-state index in [1.165, 1.54) is 43.5 Å². The molecule has 1 atom stereocenters. The highest BCUT2D eigenvalue weighted by Gasteiger charge is 2.28. The number of hydrogen-bond donors (Lipinski definition) is 2. The number of methoxy groups -OCH3 is 1. The smallest absolute Gasteiger partial charge is 0.264 e. The topological polar surface area (TPSA) is 105 Å². The Kier molecular flexibility index (Phi) is 8.65. The third kappa shape index (κ3) is 6.39. The van der Waals surface area contributed by atoms with Crippen molar-refractivity contribution in [3.8, 4) is 5.75 Å². The average Bonchev–Trinajstić information content (AvgIpc) is 2.88. The van der Waals surface area contributed by atoms with Gasteiger partial charge in [0.05, 0.1) is 28.9 Å². The van der Waals surface area contributed by atoms with Crippen LogP contribution in [0.5, 0.6) is 5.75 Å². The van der Waals surface area contributed by atoms with Gasteiger partial charge in [-0.3, -0.25) is 13.9 Å². The molecule has 0 heterocycles. The molecule has 0 aromatic heterocycles. The number of carbonyl (C=O) groups is 2. The van der Waals surface area contributed by atoms with Gasteiger partial charge in [-0.1, -0.05) is 19.1 Å². The van der Waals surface area contributed by atoms with Crippen LogP contribution in [0.1, 0.15) is 30.6 Å². The highest BCUT2D eigenvalue weighted by Crippen LogP contribution is 2.26. The monoisotopic (exact) mass is 513 g/mol. The Morgan fingerprint density at radius 2 is 1.64 bits per heavy atom. The number of halogens is 1. The molecule has 0 unspecified atom stereocenters. The van der Waals surface area contributed by atoms with Gasteiger partial charge in [-0.15, -0.1) is 0 Å². The van der Waals surface area contributed by atoms with Crippen LogP contribution in [-0.4, -0.2) is 39.9 Å². The summed E-state index contributed by atoms with van der Waals surface area (Å²) in [6.45, 7) is 3.19. The Labute approximate surface area is 210 Å². The van der Waals surface area contributed by atoms with Gasteiger partial charge in [0.25, 0.3) is 15.9 Å². The molecule has 3 aromatic carbocycles. The minimum atomic E-state index is -4.21. The second kappa shape index (κ2) is 11.7. The standard InChI is InChI=1S/C26H28FN3O5S/c1-4-18(2)28-26(32)23-7-5-6-8-24(23)29-25(31)17-30(20-11-9-19(27)10-12-20)36(33,34)22-15-13-21(35-3)14-16-22/h5-16,18H,4,17H2,1-3H3,(H,28,32)(H,29,31)/t18-/m0/s1. The van der Waals surface area contributed by atoms with Gasteiger partial charge in [0.15, 0.2) is 0 Å². The van der Waals surface area contributed by atoms with Crippen LogP contribution in [0.3, 0.4) is 0 Å². The molecule has 2 N–H and O–H groups in total. The van der Waals surface area contributed by atoms with Gasteiger partial charge >= 0.3 is 0 Å². The first-order valence-electron chi connectivity index (χ1n) is 11.3. The second-order valence-corrected chi connectivity index (χ2v) is 9.90. The molecule has 8 nitrogen and oxygen atoms in total. The molecule has 3 aromatic rings. The number of hydrogen-bond acceptors (Lipinski definition) is 5. The SMILES string of the molecule is CC[C@H](C)NC(=O)c1ccccc1NC(=O)CN(c1ccc(F)cc1)S(=O)(=O)c1ccc(OC)cc1. The highest BCUT2D eigenvalue weighted by molar-refractivity contribution is 7.92. The number of rotatable bonds is 10. The molecule has 0 radical (unpaired) electrons. The summed E-state index contributed by atoms with van der Waals surface area (Å²) in [6.07, 6.45) is 0.732. The Bertz CT molecular complexity index is 1310. The summed E-state index contributed by atoms with van der Waals surface area (Å²) in [5, 5.41) is 5.48. The second-order valence-electron chi connectivity index (χ2n) is 8.04. The van der Waals surface area contributed by atoms with E-state index in [4.69, 9.17) is 4.74 Å². The van der Waals surface area contributed by atoms with Crippen molar-refractivity contribution in [1.82, 2.24) is 5.32 Å². The fourth-order valence-electron chi connectivity index (χ4n) is 3.31. The molecular weight excluding hydrogens is 485 g/mol. The van der Waals surface area contributed by atoms with E-state index in [9.17, 15) is 22.4 Å². The van der Waals surface area contributed by atoms with Crippen LogP contribution >= 0.6 is 0 Å². The van der Waals surface area contributed by atoms with E-state index in [1.54, 1.807) is 24.3 Å². The quantitative estimate of drug-likeness (QED) is 0.423. The Balaban J connectivity index is 1.91. The molecule has 0 fully saturated rings. The maximum atomic E-state index is 13.5. The number of carbonyl (C=O) groups excluding carboxylic acids is 2. The largest absolute Gasteiger partial charge is 0.497 e. The van der Waals surface area contributed by atoms with Crippen LogP contribution in [0.2, 0.25) is 0 Å². The number of anilines is 2. The third-order valence-electron chi connectivity index (χ3n) is 5.48. The predicted octanol–water partition coefficient (Wildman–Crippen LogP) is 4.20. The van der Waals surface area contributed by atoms with Gasteiger partial charge in [0, 0.05) is 6.04 Å². The van der Waals surface area contributed by atoms with Crippen LogP contribution < -0.4 is 19.7 Å². The molecular formula is C26H28FN3O5S. The number of nitrogens with zero attached hydrogens (tertiary/aromatic N) is 1. The molecule has 36 heavy (non-hydrogen) atoms. The lowest BCUT2D eigenvalue weighted by Crippen LogP contribution is -2.38. The van der Waals surface area contributed by atoms with Crippen molar-refractivity contribution < 1.29 is 27.1 Å². The van der Waals surface area contributed by atoms with Crippen molar-refractivity contribution in [1.29, 1.82) is 0 Å².